The number of carbonyl (C=O) groups excluding carboxylic acids is 1. The van der Waals surface area contributed by atoms with E-state index in [4.69, 9.17) is 5.11 Å². The molecular weight excluding hydrogens is 310 g/mol. The summed E-state index contributed by atoms with van der Waals surface area (Å²) >= 11 is 1.21. The zero-order valence-corrected chi connectivity index (χ0v) is 14.6. The quantitative estimate of drug-likeness (QED) is 0.773. The summed E-state index contributed by atoms with van der Waals surface area (Å²) in [6, 6.07) is 7.37. The minimum absolute atomic E-state index is 0.108. The lowest BCUT2D eigenvalue weighted by atomic mass is 9.84. The lowest BCUT2D eigenvalue weighted by Crippen LogP contribution is -2.39. The van der Waals surface area contributed by atoms with E-state index in [1.165, 1.54) is 43.9 Å². The van der Waals surface area contributed by atoms with Crippen LogP contribution >= 0.6 is 11.8 Å². The van der Waals surface area contributed by atoms with E-state index in [-0.39, 0.29) is 11.9 Å². The van der Waals surface area contributed by atoms with Crippen molar-refractivity contribution in [2.24, 2.45) is 5.92 Å². The molecule has 1 aliphatic carbocycles. The van der Waals surface area contributed by atoms with Crippen molar-refractivity contribution in [3.63, 3.8) is 0 Å². The van der Waals surface area contributed by atoms with E-state index in [2.05, 4.69) is 12.2 Å². The molecule has 4 nitrogen and oxygen atoms in total. The Morgan fingerprint density at radius 3 is 2.48 bits per heavy atom. The summed E-state index contributed by atoms with van der Waals surface area (Å²) in [5, 5.41) is 11.6. The number of carboxylic acid groups (broad SMARTS) is 1. The second-order valence-corrected chi connectivity index (χ2v) is 7.64. The third kappa shape index (κ3) is 4.99. The van der Waals surface area contributed by atoms with Crippen LogP contribution in [0.4, 0.5) is 0 Å². The molecule has 1 aromatic carbocycles. The molecule has 1 aromatic rings. The van der Waals surface area contributed by atoms with Gasteiger partial charge in [0.05, 0.1) is 5.56 Å². The third-order valence-electron chi connectivity index (χ3n) is 4.50. The van der Waals surface area contributed by atoms with Gasteiger partial charge in [0.25, 0.3) is 5.91 Å². The average Bonchev–Trinajstić information content (AvgIpc) is 2.55. The van der Waals surface area contributed by atoms with Crippen LogP contribution in [0.1, 0.15) is 56.3 Å². The molecule has 0 aromatic heterocycles. The minimum atomic E-state index is -0.874. The fourth-order valence-corrected chi connectivity index (χ4v) is 3.96. The van der Waals surface area contributed by atoms with Gasteiger partial charge in [0.1, 0.15) is 5.25 Å². The molecule has 23 heavy (non-hydrogen) atoms. The molecule has 0 spiro atoms. The van der Waals surface area contributed by atoms with Gasteiger partial charge in [-0.1, -0.05) is 31.4 Å². The van der Waals surface area contributed by atoms with Crippen LogP contribution < -0.4 is 5.32 Å². The number of nitrogens with one attached hydrogen (secondary N) is 1. The summed E-state index contributed by atoms with van der Waals surface area (Å²) in [6.07, 6.45) is 6.13. The van der Waals surface area contributed by atoms with Crippen molar-refractivity contribution in [1.29, 1.82) is 0 Å². The van der Waals surface area contributed by atoms with Crippen molar-refractivity contribution in [3.05, 3.63) is 29.8 Å². The number of amides is 1. The van der Waals surface area contributed by atoms with Crippen LogP contribution in [0.25, 0.3) is 0 Å². The zero-order valence-electron chi connectivity index (χ0n) is 13.7. The van der Waals surface area contributed by atoms with Gasteiger partial charge in [-0.25, -0.2) is 0 Å². The predicted molar refractivity (Wildman–Crippen MR) is 92.9 cm³/mol. The highest BCUT2D eigenvalue weighted by molar-refractivity contribution is 8.00. The third-order valence-corrected chi connectivity index (χ3v) is 5.66. The Morgan fingerprint density at radius 2 is 1.83 bits per heavy atom. The van der Waals surface area contributed by atoms with E-state index >= 15 is 0 Å². The van der Waals surface area contributed by atoms with Crippen LogP contribution in [0.2, 0.25) is 0 Å². The van der Waals surface area contributed by atoms with Crippen molar-refractivity contribution >= 4 is 23.6 Å². The van der Waals surface area contributed by atoms with Gasteiger partial charge in [-0.05, 0) is 44.7 Å². The van der Waals surface area contributed by atoms with Crippen molar-refractivity contribution < 1.29 is 14.7 Å². The number of rotatable bonds is 6. The largest absolute Gasteiger partial charge is 0.480 e. The summed E-state index contributed by atoms with van der Waals surface area (Å²) in [5.74, 6) is -0.435. The molecular formula is C18H25NO3S. The summed E-state index contributed by atoms with van der Waals surface area (Å²) < 4.78 is 0. The molecule has 2 rings (SSSR count). The summed E-state index contributed by atoms with van der Waals surface area (Å²) in [6.45, 7) is 3.70. The topological polar surface area (TPSA) is 66.4 Å². The second kappa shape index (κ2) is 8.39. The Bertz CT molecular complexity index is 555. The summed E-state index contributed by atoms with van der Waals surface area (Å²) in [7, 11) is 0. The Labute approximate surface area is 142 Å². The molecule has 126 valence electrons. The maximum atomic E-state index is 12.6. The van der Waals surface area contributed by atoms with E-state index in [1.54, 1.807) is 13.0 Å². The molecule has 1 fully saturated rings. The molecule has 0 aliphatic heterocycles. The number of hydrogen-bond donors (Lipinski definition) is 2. The van der Waals surface area contributed by atoms with E-state index in [0.29, 0.717) is 11.5 Å². The Hall–Kier alpha value is -1.49. The smallest absolute Gasteiger partial charge is 0.316 e. The molecule has 1 saturated carbocycles. The second-order valence-electron chi connectivity index (χ2n) is 6.25. The maximum Gasteiger partial charge on any atom is 0.316 e. The summed E-state index contributed by atoms with van der Waals surface area (Å²) in [5.41, 5.74) is 0.563. The molecule has 2 N–H and O–H groups in total. The van der Waals surface area contributed by atoms with Gasteiger partial charge in [-0.2, -0.15) is 0 Å². The lowest BCUT2D eigenvalue weighted by molar-refractivity contribution is -0.136. The maximum absolute atomic E-state index is 12.6. The predicted octanol–water partition coefficient (Wildman–Crippen LogP) is 3.95. The molecule has 2 atom stereocenters. The van der Waals surface area contributed by atoms with Crippen LogP contribution in [-0.4, -0.2) is 28.3 Å². The van der Waals surface area contributed by atoms with Gasteiger partial charge < -0.3 is 10.4 Å². The highest BCUT2D eigenvalue weighted by Crippen LogP contribution is 2.29. The Kier molecular flexibility index (Phi) is 6.51. The van der Waals surface area contributed by atoms with Gasteiger partial charge >= 0.3 is 5.97 Å². The number of thioether (sulfide) groups is 1. The van der Waals surface area contributed by atoms with Gasteiger partial charge in [0, 0.05) is 10.9 Å². The van der Waals surface area contributed by atoms with Crippen molar-refractivity contribution in [3.8, 4) is 0 Å². The summed E-state index contributed by atoms with van der Waals surface area (Å²) in [4.78, 5) is 24.4. The lowest BCUT2D eigenvalue weighted by Gasteiger charge is -2.28. The molecule has 2 unspecified atom stereocenters. The fourth-order valence-electron chi connectivity index (χ4n) is 3.03. The molecule has 0 heterocycles. The Morgan fingerprint density at radius 1 is 1.17 bits per heavy atom. The number of benzene rings is 1. The van der Waals surface area contributed by atoms with Gasteiger partial charge in [-0.15, -0.1) is 11.8 Å². The normalized spacial score (nSPS) is 18.2. The molecule has 0 radical (unpaired) electrons. The number of carbonyl (C=O) groups is 2. The number of aliphatic carboxylic acids is 1. The minimum Gasteiger partial charge on any atom is -0.480 e. The van der Waals surface area contributed by atoms with Crippen LogP contribution in [0.5, 0.6) is 0 Å². The molecule has 0 bridgehead atoms. The van der Waals surface area contributed by atoms with E-state index in [1.807, 2.05) is 18.2 Å². The highest BCUT2D eigenvalue weighted by atomic mass is 32.2. The standard InChI is InChI=1S/C18H25NO3S/c1-12(14-8-4-3-5-9-14)19-17(20)15-10-6-7-11-16(15)23-13(2)18(21)22/h6-7,10-14H,3-5,8-9H2,1-2H3,(H,19,20)(H,21,22). The van der Waals surface area contributed by atoms with Crippen LogP contribution in [0.15, 0.2) is 29.2 Å². The van der Waals surface area contributed by atoms with Crippen LogP contribution in [0.3, 0.4) is 0 Å². The SMILES string of the molecule is CC(Sc1ccccc1C(=O)NC(C)C1CCCCC1)C(=O)O. The first-order chi connectivity index (χ1) is 11.0. The van der Waals surface area contributed by atoms with Crippen molar-refractivity contribution in [2.75, 3.05) is 0 Å². The molecule has 1 amide bonds. The van der Waals surface area contributed by atoms with Crippen LogP contribution in [0, 0.1) is 5.92 Å². The fraction of sp³-hybridized carbons (Fsp3) is 0.556. The van der Waals surface area contributed by atoms with E-state index in [0.717, 1.165) is 4.90 Å². The first-order valence-corrected chi connectivity index (χ1v) is 9.16. The van der Waals surface area contributed by atoms with Gasteiger partial charge in [0.15, 0.2) is 0 Å². The average molecular weight is 335 g/mol. The van der Waals surface area contributed by atoms with E-state index < -0.39 is 11.2 Å². The molecule has 5 heteroatoms. The highest BCUT2D eigenvalue weighted by Gasteiger charge is 2.23. The van der Waals surface area contributed by atoms with Crippen LogP contribution in [-0.2, 0) is 4.79 Å². The van der Waals surface area contributed by atoms with E-state index in [9.17, 15) is 9.59 Å². The molecule has 0 saturated heterocycles. The van der Waals surface area contributed by atoms with Gasteiger partial charge in [-0.3, -0.25) is 9.59 Å². The van der Waals surface area contributed by atoms with Crippen molar-refractivity contribution in [1.82, 2.24) is 5.32 Å². The Balaban J connectivity index is 2.05. The van der Waals surface area contributed by atoms with Crippen molar-refractivity contribution in [2.45, 2.75) is 62.1 Å². The first-order valence-electron chi connectivity index (χ1n) is 8.28. The monoisotopic (exact) mass is 335 g/mol. The number of carboxylic acids is 1. The zero-order chi connectivity index (χ0) is 16.8. The molecule has 1 aliphatic rings. The van der Waals surface area contributed by atoms with Gasteiger partial charge in [0.2, 0.25) is 0 Å². The first kappa shape index (κ1) is 17.9. The number of hydrogen-bond acceptors (Lipinski definition) is 3.